The van der Waals surface area contributed by atoms with Gasteiger partial charge < -0.3 is 5.32 Å². The number of anilines is 1. The molecule has 0 aliphatic carbocycles. The first-order valence-corrected chi connectivity index (χ1v) is 4.33. The third kappa shape index (κ3) is 3.10. The van der Waals surface area contributed by atoms with Gasteiger partial charge in [-0.2, -0.15) is 13.2 Å². The fraction of sp³-hybridized carbons (Fsp3) is 0.333. The predicted molar refractivity (Wildman–Crippen MR) is 50.8 cm³/mol. The fourth-order valence-electron chi connectivity index (χ4n) is 1.11. The molecule has 0 fully saturated rings. The zero-order chi connectivity index (χ0) is 10.8. The van der Waals surface area contributed by atoms with E-state index in [4.69, 9.17) is 11.6 Å². The van der Waals surface area contributed by atoms with E-state index in [-0.39, 0.29) is 5.56 Å². The number of hydrogen-bond donors (Lipinski definition) is 1. The standard InChI is InChI=1S/C9H9ClF3N/c1-14-8-4-6(2-3-7(8)10)5-9(11,12)13/h2-4,14H,5H2,1H3. The third-order valence-electron chi connectivity index (χ3n) is 1.70. The molecule has 0 unspecified atom stereocenters. The average Bonchev–Trinajstić information content (AvgIpc) is 2.06. The Bertz CT molecular complexity index is 322. The van der Waals surface area contributed by atoms with E-state index in [2.05, 4.69) is 5.32 Å². The van der Waals surface area contributed by atoms with Crippen LogP contribution in [0.1, 0.15) is 5.56 Å². The summed E-state index contributed by atoms with van der Waals surface area (Å²) in [6.45, 7) is 0. The first-order chi connectivity index (χ1) is 6.42. The molecule has 0 spiro atoms. The summed E-state index contributed by atoms with van der Waals surface area (Å²) in [6, 6.07) is 4.22. The molecule has 1 rings (SSSR count). The van der Waals surface area contributed by atoms with Crippen LogP contribution >= 0.6 is 11.6 Å². The Labute approximate surface area is 84.9 Å². The molecule has 0 amide bonds. The number of rotatable bonds is 2. The van der Waals surface area contributed by atoms with Gasteiger partial charge in [-0.15, -0.1) is 0 Å². The van der Waals surface area contributed by atoms with Crippen LogP contribution in [0.2, 0.25) is 5.02 Å². The average molecular weight is 224 g/mol. The van der Waals surface area contributed by atoms with Gasteiger partial charge >= 0.3 is 6.18 Å². The molecule has 14 heavy (non-hydrogen) atoms. The van der Waals surface area contributed by atoms with Crippen molar-refractivity contribution in [2.75, 3.05) is 12.4 Å². The van der Waals surface area contributed by atoms with Gasteiger partial charge in [0.05, 0.1) is 17.1 Å². The lowest BCUT2D eigenvalue weighted by atomic mass is 10.1. The Morgan fingerprint density at radius 2 is 2.00 bits per heavy atom. The van der Waals surface area contributed by atoms with Gasteiger partial charge in [-0.25, -0.2) is 0 Å². The van der Waals surface area contributed by atoms with Gasteiger partial charge in [0.25, 0.3) is 0 Å². The molecule has 0 heterocycles. The molecule has 0 aromatic heterocycles. The maximum atomic E-state index is 12.0. The highest BCUT2D eigenvalue weighted by atomic mass is 35.5. The number of benzene rings is 1. The molecule has 0 radical (unpaired) electrons. The maximum Gasteiger partial charge on any atom is 0.393 e. The van der Waals surface area contributed by atoms with Crippen molar-refractivity contribution >= 4 is 17.3 Å². The minimum atomic E-state index is -4.18. The van der Waals surface area contributed by atoms with E-state index in [0.717, 1.165) is 0 Å². The van der Waals surface area contributed by atoms with Gasteiger partial charge in [-0.05, 0) is 17.7 Å². The number of halogens is 4. The largest absolute Gasteiger partial charge is 0.393 e. The summed E-state index contributed by atoms with van der Waals surface area (Å²) in [6.07, 6.45) is -5.11. The second-order valence-corrected chi connectivity index (χ2v) is 3.26. The summed E-state index contributed by atoms with van der Waals surface area (Å²) in [5.74, 6) is 0. The monoisotopic (exact) mass is 223 g/mol. The Hall–Kier alpha value is -0.900. The number of hydrogen-bond acceptors (Lipinski definition) is 1. The Kier molecular flexibility index (Phi) is 3.26. The highest BCUT2D eigenvalue weighted by Gasteiger charge is 2.27. The van der Waals surface area contributed by atoms with E-state index in [1.165, 1.54) is 18.2 Å². The van der Waals surface area contributed by atoms with Gasteiger partial charge in [0.2, 0.25) is 0 Å². The van der Waals surface area contributed by atoms with Crippen LogP contribution in [-0.4, -0.2) is 13.2 Å². The topological polar surface area (TPSA) is 12.0 Å². The van der Waals surface area contributed by atoms with Crippen molar-refractivity contribution in [3.63, 3.8) is 0 Å². The van der Waals surface area contributed by atoms with Crippen molar-refractivity contribution in [1.29, 1.82) is 0 Å². The zero-order valence-electron chi connectivity index (χ0n) is 7.45. The van der Waals surface area contributed by atoms with Gasteiger partial charge in [0.1, 0.15) is 0 Å². The molecule has 0 saturated carbocycles. The van der Waals surface area contributed by atoms with Gasteiger partial charge in [0.15, 0.2) is 0 Å². The van der Waals surface area contributed by atoms with Crippen molar-refractivity contribution in [2.45, 2.75) is 12.6 Å². The molecule has 0 saturated heterocycles. The predicted octanol–water partition coefficient (Wildman–Crippen LogP) is 3.49. The van der Waals surface area contributed by atoms with Crippen molar-refractivity contribution in [3.8, 4) is 0 Å². The second kappa shape index (κ2) is 4.09. The zero-order valence-corrected chi connectivity index (χ0v) is 8.21. The summed E-state index contributed by atoms with van der Waals surface area (Å²) in [5, 5.41) is 3.14. The lowest BCUT2D eigenvalue weighted by Crippen LogP contribution is -2.11. The van der Waals surface area contributed by atoms with Crippen LogP contribution in [0.25, 0.3) is 0 Å². The minimum Gasteiger partial charge on any atom is -0.387 e. The van der Waals surface area contributed by atoms with Crippen LogP contribution < -0.4 is 5.32 Å². The molecular formula is C9H9ClF3N. The lowest BCUT2D eigenvalue weighted by molar-refractivity contribution is -0.127. The molecular weight excluding hydrogens is 215 g/mol. The maximum absolute atomic E-state index is 12.0. The summed E-state index contributed by atoms with van der Waals surface area (Å²) in [4.78, 5) is 0. The summed E-state index contributed by atoms with van der Waals surface area (Å²) >= 11 is 5.72. The van der Waals surface area contributed by atoms with E-state index >= 15 is 0 Å². The smallest absolute Gasteiger partial charge is 0.387 e. The molecule has 1 nitrogen and oxygen atoms in total. The van der Waals surface area contributed by atoms with Crippen LogP contribution in [0.15, 0.2) is 18.2 Å². The van der Waals surface area contributed by atoms with E-state index in [9.17, 15) is 13.2 Å². The van der Waals surface area contributed by atoms with Gasteiger partial charge in [-0.1, -0.05) is 17.7 Å². The SMILES string of the molecule is CNc1cc(CC(F)(F)F)ccc1Cl. The Morgan fingerprint density at radius 3 is 2.50 bits per heavy atom. The highest BCUT2D eigenvalue weighted by molar-refractivity contribution is 6.33. The number of nitrogens with one attached hydrogen (secondary N) is 1. The molecule has 1 aromatic rings. The second-order valence-electron chi connectivity index (χ2n) is 2.86. The van der Waals surface area contributed by atoms with Crippen LogP contribution in [0.4, 0.5) is 18.9 Å². The Balaban J connectivity index is 2.90. The molecule has 78 valence electrons. The molecule has 0 bridgehead atoms. The quantitative estimate of drug-likeness (QED) is 0.809. The Morgan fingerprint density at radius 1 is 1.36 bits per heavy atom. The molecule has 0 atom stereocenters. The van der Waals surface area contributed by atoms with Crippen molar-refractivity contribution < 1.29 is 13.2 Å². The number of alkyl halides is 3. The summed E-state index contributed by atoms with van der Waals surface area (Å²) in [7, 11) is 1.61. The highest BCUT2D eigenvalue weighted by Crippen LogP contribution is 2.27. The van der Waals surface area contributed by atoms with E-state index in [1.807, 2.05) is 0 Å². The first-order valence-electron chi connectivity index (χ1n) is 3.95. The van der Waals surface area contributed by atoms with E-state index in [1.54, 1.807) is 7.05 Å². The first kappa shape index (κ1) is 11.2. The minimum absolute atomic E-state index is 0.200. The van der Waals surface area contributed by atoms with Crippen molar-refractivity contribution in [2.24, 2.45) is 0 Å². The molecule has 1 aromatic carbocycles. The van der Waals surface area contributed by atoms with E-state index in [0.29, 0.717) is 10.7 Å². The van der Waals surface area contributed by atoms with Gasteiger partial charge in [-0.3, -0.25) is 0 Å². The summed E-state index contributed by atoms with van der Waals surface area (Å²) < 4.78 is 36.1. The molecule has 0 aliphatic heterocycles. The molecule has 0 aliphatic rings. The molecule has 1 N–H and O–H groups in total. The fourth-order valence-corrected chi connectivity index (χ4v) is 1.32. The van der Waals surface area contributed by atoms with Crippen LogP contribution in [0.3, 0.4) is 0 Å². The van der Waals surface area contributed by atoms with Crippen LogP contribution in [0, 0.1) is 0 Å². The van der Waals surface area contributed by atoms with Crippen molar-refractivity contribution in [1.82, 2.24) is 0 Å². The van der Waals surface area contributed by atoms with E-state index < -0.39 is 12.6 Å². The third-order valence-corrected chi connectivity index (χ3v) is 2.03. The molecule has 5 heteroatoms. The normalized spacial score (nSPS) is 11.5. The van der Waals surface area contributed by atoms with Crippen molar-refractivity contribution in [3.05, 3.63) is 28.8 Å². The summed E-state index contributed by atoms with van der Waals surface area (Å²) in [5.41, 5.74) is 0.708. The van der Waals surface area contributed by atoms with Crippen LogP contribution in [-0.2, 0) is 6.42 Å². The van der Waals surface area contributed by atoms with Gasteiger partial charge in [0, 0.05) is 7.05 Å². The van der Waals surface area contributed by atoms with Crippen LogP contribution in [0.5, 0.6) is 0 Å². The lowest BCUT2D eigenvalue weighted by Gasteiger charge is -2.09.